The van der Waals surface area contributed by atoms with Gasteiger partial charge >= 0.3 is 0 Å². The van der Waals surface area contributed by atoms with Crippen LogP contribution in [0.4, 0.5) is 0 Å². The Labute approximate surface area is 198 Å². The number of rotatable bonds is 10. The Morgan fingerprint density at radius 2 is 1.74 bits per heavy atom. The van der Waals surface area contributed by atoms with Crippen LogP contribution < -0.4 is 10.1 Å². The van der Waals surface area contributed by atoms with Gasteiger partial charge in [-0.3, -0.25) is 9.59 Å². The zero-order chi connectivity index (χ0) is 23.0. The predicted molar refractivity (Wildman–Crippen MR) is 126 cm³/mol. The molecule has 0 aliphatic heterocycles. The Hall–Kier alpha value is -1.95. The molecule has 0 radical (unpaired) electrons. The lowest BCUT2D eigenvalue weighted by molar-refractivity contribution is -0.143. The summed E-state index contributed by atoms with van der Waals surface area (Å²) < 4.78 is 5.63. The molecule has 0 aliphatic rings. The summed E-state index contributed by atoms with van der Waals surface area (Å²) in [7, 11) is 0. The summed E-state index contributed by atoms with van der Waals surface area (Å²) in [4.78, 5) is 27.6. The molecule has 1 N–H and O–H groups in total. The number of nitrogens with one attached hydrogen (secondary N) is 1. The van der Waals surface area contributed by atoms with Crippen molar-refractivity contribution in [2.24, 2.45) is 0 Å². The average molecular weight is 486 g/mol. The van der Waals surface area contributed by atoms with E-state index in [0.717, 1.165) is 12.0 Å². The van der Waals surface area contributed by atoms with Crippen LogP contribution in [0.3, 0.4) is 0 Å². The number of benzene rings is 2. The molecule has 2 atom stereocenters. The highest BCUT2D eigenvalue weighted by atomic mass is 35.5. The maximum atomic E-state index is 13.2. The zero-order valence-corrected chi connectivity index (χ0v) is 20.1. The third kappa shape index (κ3) is 7.30. The van der Waals surface area contributed by atoms with E-state index in [1.807, 2.05) is 39.0 Å². The van der Waals surface area contributed by atoms with Gasteiger partial charge in [0.05, 0.1) is 5.02 Å². The van der Waals surface area contributed by atoms with E-state index in [2.05, 4.69) is 5.32 Å². The number of amides is 2. The monoisotopic (exact) mass is 484 g/mol. The molecule has 0 heterocycles. The molecule has 5 nitrogen and oxygen atoms in total. The molecule has 2 amide bonds. The fraction of sp³-hybridized carbons (Fsp3) is 0.391. The summed E-state index contributed by atoms with van der Waals surface area (Å²) in [5, 5.41) is 4.26. The van der Waals surface area contributed by atoms with Crippen LogP contribution in [0.25, 0.3) is 0 Å². The average Bonchev–Trinajstić information content (AvgIpc) is 2.74. The van der Waals surface area contributed by atoms with Gasteiger partial charge < -0.3 is 15.0 Å². The summed E-state index contributed by atoms with van der Waals surface area (Å²) in [6, 6.07) is 11.4. The fourth-order valence-electron chi connectivity index (χ4n) is 2.99. The number of halogens is 3. The highest BCUT2D eigenvalue weighted by molar-refractivity contribution is 6.35. The van der Waals surface area contributed by atoms with E-state index in [0.29, 0.717) is 27.2 Å². The number of hydrogen-bond acceptors (Lipinski definition) is 3. The third-order valence-electron chi connectivity index (χ3n) is 4.93. The maximum Gasteiger partial charge on any atom is 0.261 e. The highest BCUT2D eigenvalue weighted by Gasteiger charge is 2.30. The van der Waals surface area contributed by atoms with Crippen LogP contribution in [0, 0.1) is 0 Å². The first-order valence-corrected chi connectivity index (χ1v) is 11.3. The van der Waals surface area contributed by atoms with Gasteiger partial charge in [0.2, 0.25) is 5.91 Å². The van der Waals surface area contributed by atoms with Gasteiger partial charge in [-0.25, -0.2) is 0 Å². The number of ether oxygens (including phenoxy) is 1. The van der Waals surface area contributed by atoms with Crippen molar-refractivity contribution in [2.45, 2.75) is 52.2 Å². The molecule has 168 valence electrons. The van der Waals surface area contributed by atoms with Gasteiger partial charge in [-0.05, 0) is 49.6 Å². The standard InChI is InChI=1S/C23H27Cl3N2O3/c1-4-15(3)27-23(30)20(5-2)28(13-16-8-6-7-9-18(16)25)22(29)14-31-21-11-10-17(24)12-19(21)26/h6-12,15,20H,4-5,13-14H2,1-3H3,(H,27,30)/t15-,20-/m0/s1. The lowest BCUT2D eigenvalue weighted by Crippen LogP contribution is -2.51. The van der Waals surface area contributed by atoms with E-state index < -0.39 is 6.04 Å². The van der Waals surface area contributed by atoms with Crippen molar-refractivity contribution >= 4 is 46.6 Å². The number of hydrogen-bond donors (Lipinski definition) is 1. The van der Waals surface area contributed by atoms with Gasteiger partial charge in [0.15, 0.2) is 6.61 Å². The van der Waals surface area contributed by atoms with Crippen molar-refractivity contribution in [1.82, 2.24) is 10.2 Å². The van der Waals surface area contributed by atoms with Crippen molar-refractivity contribution in [3.8, 4) is 5.75 Å². The molecule has 2 aromatic rings. The van der Waals surface area contributed by atoms with Gasteiger partial charge in [0.1, 0.15) is 11.8 Å². The molecular formula is C23H27Cl3N2O3. The molecule has 0 saturated heterocycles. The van der Waals surface area contributed by atoms with Crippen LogP contribution >= 0.6 is 34.8 Å². The van der Waals surface area contributed by atoms with Crippen molar-refractivity contribution in [2.75, 3.05) is 6.61 Å². The van der Waals surface area contributed by atoms with Crippen molar-refractivity contribution in [1.29, 1.82) is 0 Å². The molecule has 31 heavy (non-hydrogen) atoms. The molecule has 2 aromatic carbocycles. The summed E-state index contributed by atoms with van der Waals surface area (Å²) in [5.74, 6) is -0.215. The minimum absolute atomic E-state index is 0.00272. The van der Waals surface area contributed by atoms with E-state index in [1.54, 1.807) is 24.3 Å². The van der Waals surface area contributed by atoms with Crippen LogP contribution in [0.5, 0.6) is 5.75 Å². The second-order valence-corrected chi connectivity index (χ2v) is 8.47. The summed E-state index contributed by atoms with van der Waals surface area (Å²) in [6.07, 6.45) is 1.24. The molecular weight excluding hydrogens is 459 g/mol. The minimum atomic E-state index is -0.665. The van der Waals surface area contributed by atoms with Crippen LogP contribution in [-0.2, 0) is 16.1 Å². The van der Waals surface area contributed by atoms with Crippen LogP contribution in [0.15, 0.2) is 42.5 Å². The Morgan fingerprint density at radius 3 is 2.35 bits per heavy atom. The lowest BCUT2D eigenvalue weighted by Gasteiger charge is -2.31. The smallest absolute Gasteiger partial charge is 0.261 e. The number of carbonyl (C=O) groups is 2. The van der Waals surface area contributed by atoms with Gasteiger partial charge in [-0.15, -0.1) is 0 Å². The van der Waals surface area contributed by atoms with E-state index >= 15 is 0 Å². The molecule has 0 fully saturated rings. The Bertz CT molecular complexity index is 907. The molecule has 0 aliphatic carbocycles. The molecule has 0 aromatic heterocycles. The largest absolute Gasteiger partial charge is 0.482 e. The molecule has 8 heteroatoms. The first-order chi connectivity index (χ1) is 14.8. The highest BCUT2D eigenvalue weighted by Crippen LogP contribution is 2.28. The Balaban J connectivity index is 2.25. The van der Waals surface area contributed by atoms with E-state index in [4.69, 9.17) is 39.5 Å². The van der Waals surface area contributed by atoms with Gasteiger partial charge in [0, 0.05) is 22.6 Å². The van der Waals surface area contributed by atoms with E-state index in [-0.39, 0.29) is 31.0 Å². The van der Waals surface area contributed by atoms with Crippen LogP contribution in [0.2, 0.25) is 15.1 Å². The van der Waals surface area contributed by atoms with Crippen molar-refractivity contribution in [3.05, 3.63) is 63.1 Å². The first kappa shape index (κ1) is 25.3. The normalized spacial score (nSPS) is 12.7. The molecule has 0 unspecified atom stereocenters. The van der Waals surface area contributed by atoms with E-state index in [1.165, 1.54) is 4.90 Å². The maximum absolute atomic E-state index is 13.2. The van der Waals surface area contributed by atoms with Crippen LogP contribution in [-0.4, -0.2) is 35.4 Å². The van der Waals surface area contributed by atoms with Gasteiger partial charge in [-0.1, -0.05) is 66.8 Å². The molecule has 2 rings (SSSR count). The van der Waals surface area contributed by atoms with Crippen molar-refractivity contribution in [3.63, 3.8) is 0 Å². The van der Waals surface area contributed by atoms with E-state index in [9.17, 15) is 9.59 Å². The second kappa shape index (κ2) is 12.2. The zero-order valence-electron chi connectivity index (χ0n) is 17.8. The topological polar surface area (TPSA) is 58.6 Å². The van der Waals surface area contributed by atoms with Crippen molar-refractivity contribution < 1.29 is 14.3 Å². The van der Waals surface area contributed by atoms with Crippen LogP contribution in [0.1, 0.15) is 39.2 Å². The molecule has 0 saturated carbocycles. The number of nitrogens with zero attached hydrogens (tertiary/aromatic N) is 1. The minimum Gasteiger partial charge on any atom is -0.482 e. The Kier molecular flexibility index (Phi) is 9.94. The summed E-state index contributed by atoms with van der Waals surface area (Å²) >= 11 is 18.4. The third-order valence-corrected chi connectivity index (χ3v) is 5.83. The first-order valence-electron chi connectivity index (χ1n) is 10.2. The van der Waals surface area contributed by atoms with Gasteiger partial charge in [0.25, 0.3) is 5.91 Å². The fourth-order valence-corrected chi connectivity index (χ4v) is 3.64. The Morgan fingerprint density at radius 1 is 1.03 bits per heavy atom. The summed E-state index contributed by atoms with van der Waals surface area (Å²) in [5.41, 5.74) is 0.747. The predicted octanol–water partition coefficient (Wildman–Crippen LogP) is 5.75. The number of carbonyl (C=O) groups excluding carboxylic acids is 2. The lowest BCUT2D eigenvalue weighted by atomic mass is 10.1. The van der Waals surface area contributed by atoms with Gasteiger partial charge in [-0.2, -0.15) is 0 Å². The molecule has 0 spiro atoms. The SMILES string of the molecule is CC[C@H](C)NC(=O)[C@H](CC)N(Cc1ccccc1Cl)C(=O)COc1ccc(Cl)cc1Cl. The quantitative estimate of drug-likeness (QED) is 0.466. The molecule has 0 bridgehead atoms. The second-order valence-electron chi connectivity index (χ2n) is 7.22. The summed E-state index contributed by atoms with van der Waals surface area (Å²) in [6.45, 7) is 5.69.